The van der Waals surface area contributed by atoms with Crippen LogP contribution in [-0.2, 0) is 4.79 Å². The van der Waals surface area contributed by atoms with E-state index in [0.717, 1.165) is 6.42 Å². The third kappa shape index (κ3) is 3.19. The van der Waals surface area contributed by atoms with Crippen LogP contribution in [0.2, 0.25) is 0 Å². The van der Waals surface area contributed by atoms with Crippen LogP contribution in [0, 0.1) is 11.3 Å². The van der Waals surface area contributed by atoms with E-state index in [1.807, 2.05) is 6.92 Å². The van der Waals surface area contributed by atoms with Crippen molar-refractivity contribution in [2.45, 2.75) is 57.7 Å². The number of Topliss-reactive ketones (excluding diaryl/α,β-unsaturated/α-hetero) is 1. The summed E-state index contributed by atoms with van der Waals surface area (Å²) in [7, 11) is 0. The maximum atomic E-state index is 11.4. The van der Waals surface area contributed by atoms with Crippen molar-refractivity contribution in [2.24, 2.45) is 11.3 Å². The summed E-state index contributed by atoms with van der Waals surface area (Å²) in [4.78, 5) is 11.9. The summed E-state index contributed by atoms with van der Waals surface area (Å²) in [5, 5.41) is 0. The molecule has 1 saturated carbocycles. The van der Waals surface area contributed by atoms with Crippen molar-refractivity contribution in [2.75, 3.05) is 0 Å². The summed E-state index contributed by atoms with van der Waals surface area (Å²) < 4.78 is 0. The highest BCUT2D eigenvalue weighted by Gasteiger charge is 2.37. The molecule has 16 heavy (non-hydrogen) atoms. The van der Waals surface area contributed by atoms with Crippen LogP contribution in [0.15, 0.2) is 12.2 Å². The minimum Gasteiger partial charge on any atom is -0.300 e. The summed E-state index contributed by atoms with van der Waals surface area (Å²) in [6, 6.07) is 0. The molecule has 0 heterocycles. The van der Waals surface area contributed by atoms with Gasteiger partial charge in [-0.1, -0.05) is 48.9 Å². The van der Waals surface area contributed by atoms with Crippen molar-refractivity contribution in [3.05, 3.63) is 12.2 Å². The first kappa shape index (κ1) is 14.0. The second kappa shape index (κ2) is 5.48. The minimum atomic E-state index is 0.301. The van der Waals surface area contributed by atoms with E-state index in [1.54, 1.807) is 0 Å². The van der Waals surface area contributed by atoms with Crippen molar-refractivity contribution in [1.82, 2.24) is 0 Å². The van der Waals surface area contributed by atoms with E-state index in [2.05, 4.69) is 36.4 Å². The Labute approximate surface area is 108 Å². The fourth-order valence-corrected chi connectivity index (χ4v) is 3.18. The van der Waals surface area contributed by atoms with Crippen LogP contribution < -0.4 is 0 Å². The van der Waals surface area contributed by atoms with Gasteiger partial charge in [0.15, 0.2) is 0 Å². The highest BCUT2D eigenvalue weighted by Crippen LogP contribution is 2.47. The first-order valence-corrected chi connectivity index (χ1v) is 7.14. The number of halogens is 1. The Morgan fingerprint density at radius 3 is 2.75 bits per heavy atom. The minimum absolute atomic E-state index is 0.301. The average Bonchev–Trinajstić information content (AvgIpc) is 2.23. The second-order valence-electron chi connectivity index (χ2n) is 5.55. The van der Waals surface area contributed by atoms with E-state index in [1.165, 1.54) is 18.4 Å². The number of carbonyl (C=O) groups excluding carboxylic acids is 1. The molecule has 1 fully saturated rings. The number of rotatable bonds is 4. The Morgan fingerprint density at radius 1 is 1.56 bits per heavy atom. The van der Waals surface area contributed by atoms with E-state index in [-0.39, 0.29) is 0 Å². The highest BCUT2D eigenvalue weighted by atomic mass is 79.9. The molecule has 1 aliphatic carbocycles. The van der Waals surface area contributed by atoms with Crippen molar-refractivity contribution in [3.8, 4) is 0 Å². The van der Waals surface area contributed by atoms with Gasteiger partial charge in [0.1, 0.15) is 5.78 Å². The summed E-state index contributed by atoms with van der Waals surface area (Å²) in [5.41, 5.74) is 1.59. The summed E-state index contributed by atoms with van der Waals surface area (Å²) in [6.07, 6.45) is 4.73. The van der Waals surface area contributed by atoms with Crippen LogP contribution in [0.25, 0.3) is 0 Å². The zero-order valence-corrected chi connectivity index (χ0v) is 12.3. The standard InChI is InChI=1S/C14H23BrO/c1-5-11(16)6-7-12-10(2)13(15)8-9-14(12,3)4/h12-13H,2,5-9H2,1,3-4H3. The van der Waals surface area contributed by atoms with Crippen LogP contribution in [0.1, 0.15) is 52.9 Å². The molecule has 0 aromatic carbocycles. The SMILES string of the molecule is C=C1C(Br)CCC(C)(C)C1CCC(=O)CC. The van der Waals surface area contributed by atoms with E-state index >= 15 is 0 Å². The maximum absolute atomic E-state index is 11.4. The molecule has 0 amide bonds. The molecule has 0 bridgehead atoms. The quantitative estimate of drug-likeness (QED) is 0.549. The van der Waals surface area contributed by atoms with Gasteiger partial charge in [-0.3, -0.25) is 4.79 Å². The van der Waals surface area contributed by atoms with Crippen molar-refractivity contribution < 1.29 is 4.79 Å². The summed E-state index contributed by atoms with van der Waals surface area (Å²) in [5.74, 6) is 0.862. The van der Waals surface area contributed by atoms with E-state index in [0.29, 0.717) is 34.8 Å². The number of hydrogen-bond donors (Lipinski definition) is 0. The molecule has 0 aliphatic heterocycles. The molecule has 0 aromatic rings. The van der Waals surface area contributed by atoms with E-state index in [4.69, 9.17) is 0 Å². The van der Waals surface area contributed by atoms with Crippen molar-refractivity contribution in [3.63, 3.8) is 0 Å². The van der Waals surface area contributed by atoms with Gasteiger partial charge in [0.2, 0.25) is 0 Å². The molecule has 0 radical (unpaired) electrons. The first-order chi connectivity index (χ1) is 7.38. The Kier molecular flexibility index (Phi) is 4.78. The van der Waals surface area contributed by atoms with Gasteiger partial charge in [0.25, 0.3) is 0 Å². The lowest BCUT2D eigenvalue weighted by atomic mass is 9.65. The van der Waals surface area contributed by atoms with Crippen LogP contribution in [0.4, 0.5) is 0 Å². The smallest absolute Gasteiger partial charge is 0.132 e. The Hall–Kier alpha value is -0.110. The Balaban J connectivity index is 2.65. The van der Waals surface area contributed by atoms with Gasteiger partial charge in [-0.25, -0.2) is 0 Å². The normalized spacial score (nSPS) is 29.1. The molecular weight excluding hydrogens is 264 g/mol. The monoisotopic (exact) mass is 286 g/mol. The van der Waals surface area contributed by atoms with Crippen molar-refractivity contribution in [1.29, 1.82) is 0 Å². The molecule has 1 rings (SSSR count). The lowest BCUT2D eigenvalue weighted by molar-refractivity contribution is -0.119. The average molecular weight is 287 g/mol. The molecule has 0 saturated heterocycles. The molecule has 2 heteroatoms. The zero-order chi connectivity index (χ0) is 12.3. The predicted octanol–water partition coefficient (Wildman–Crippen LogP) is 4.50. The Morgan fingerprint density at radius 2 is 2.19 bits per heavy atom. The van der Waals surface area contributed by atoms with Crippen LogP contribution in [0.5, 0.6) is 0 Å². The van der Waals surface area contributed by atoms with Gasteiger partial charge in [-0.2, -0.15) is 0 Å². The molecule has 1 nitrogen and oxygen atoms in total. The number of ketones is 1. The highest BCUT2D eigenvalue weighted by molar-refractivity contribution is 9.09. The molecule has 0 N–H and O–H groups in total. The van der Waals surface area contributed by atoms with E-state index < -0.39 is 0 Å². The van der Waals surface area contributed by atoms with Gasteiger partial charge in [0.05, 0.1) is 0 Å². The van der Waals surface area contributed by atoms with Gasteiger partial charge in [0, 0.05) is 17.7 Å². The van der Waals surface area contributed by atoms with Gasteiger partial charge < -0.3 is 0 Å². The fourth-order valence-electron chi connectivity index (χ4n) is 2.64. The lowest BCUT2D eigenvalue weighted by Crippen LogP contribution is -2.34. The zero-order valence-electron chi connectivity index (χ0n) is 10.7. The molecule has 2 unspecified atom stereocenters. The molecule has 0 aromatic heterocycles. The number of alkyl halides is 1. The van der Waals surface area contributed by atoms with E-state index in [9.17, 15) is 4.79 Å². The first-order valence-electron chi connectivity index (χ1n) is 6.23. The third-order valence-corrected chi connectivity index (χ3v) is 4.99. The third-order valence-electron chi connectivity index (χ3n) is 3.94. The topological polar surface area (TPSA) is 17.1 Å². The van der Waals surface area contributed by atoms with Gasteiger partial charge in [-0.05, 0) is 30.6 Å². The maximum Gasteiger partial charge on any atom is 0.132 e. The second-order valence-corrected chi connectivity index (χ2v) is 6.66. The van der Waals surface area contributed by atoms with Crippen molar-refractivity contribution >= 4 is 21.7 Å². The number of allylic oxidation sites excluding steroid dienone is 1. The molecule has 2 atom stereocenters. The largest absolute Gasteiger partial charge is 0.300 e. The lowest BCUT2D eigenvalue weighted by Gasteiger charge is -2.42. The molecular formula is C14H23BrO. The molecule has 0 spiro atoms. The van der Waals surface area contributed by atoms with Crippen LogP contribution in [0.3, 0.4) is 0 Å². The predicted molar refractivity (Wildman–Crippen MR) is 72.9 cm³/mol. The van der Waals surface area contributed by atoms with Gasteiger partial charge in [-0.15, -0.1) is 0 Å². The fraction of sp³-hybridized carbons (Fsp3) is 0.786. The Bertz CT molecular complexity index is 280. The van der Waals surface area contributed by atoms with Gasteiger partial charge >= 0.3 is 0 Å². The number of hydrogen-bond acceptors (Lipinski definition) is 1. The number of carbonyl (C=O) groups is 1. The molecule has 1 aliphatic rings. The van der Waals surface area contributed by atoms with Crippen LogP contribution >= 0.6 is 15.9 Å². The molecule has 92 valence electrons. The van der Waals surface area contributed by atoms with Crippen LogP contribution in [-0.4, -0.2) is 10.6 Å². The summed E-state index contributed by atoms with van der Waals surface area (Å²) in [6.45, 7) is 10.8. The summed E-state index contributed by atoms with van der Waals surface area (Å²) >= 11 is 3.69.